The second-order valence-electron chi connectivity index (χ2n) is 4.11. The molecule has 0 saturated heterocycles. The fourth-order valence-electron chi connectivity index (χ4n) is 1.50. The van der Waals surface area contributed by atoms with E-state index in [1.54, 1.807) is 11.8 Å². The molecule has 0 heterocycles. The average Bonchev–Trinajstić information content (AvgIpc) is 2.41. The molecule has 19 heavy (non-hydrogen) atoms. The van der Waals surface area contributed by atoms with Crippen LogP contribution in [0.5, 0.6) is 0 Å². The van der Waals surface area contributed by atoms with E-state index in [1.807, 2.05) is 18.2 Å². The standard InChI is InChI=1S/C14H19NO3S/c16-13(15-10-4-9-14(17)18)8-5-11-19-12-6-2-1-3-7-12/h1-3,6-7H,4-5,8-11H2,(H,15,16)(H,17,18). The van der Waals surface area contributed by atoms with Crippen LogP contribution in [-0.4, -0.2) is 29.3 Å². The predicted octanol–water partition coefficient (Wildman–Crippen LogP) is 2.54. The van der Waals surface area contributed by atoms with E-state index in [4.69, 9.17) is 5.11 Å². The molecule has 1 rings (SSSR count). The van der Waals surface area contributed by atoms with Gasteiger partial charge in [-0.05, 0) is 30.7 Å². The van der Waals surface area contributed by atoms with Gasteiger partial charge in [0.2, 0.25) is 5.91 Å². The van der Waals surface area contributed by atoms with E-state index in [1.165, 1.54) is 4.90 Å². The Morgan fingerprint density at radius 1 is 1.11 bits per heavy atom. The quantitative estimate of drug-likeness (QED) is 0.539. The molecular formula is C14H19NO3S. The van der Waals surface area contributed by atoms with E-state index in [0.717, 1.165) is 12.2 Å². The van der Waals surface area contributed by atoms with Crippen molar-refractivity contribution in [1.29, 1.82) is 0 Å². The third kappa shape index (κ3) is 8.26. The van der Waals surface area contributed by atoms with Gasteiger partial charge in [0.1, 0.15) is 0 Å². The number of nitrogens with one attached hydrogen (secondary N) is 1. The maximum atomic E-state index is 11.4. The van der Waals surface area contributed by atoms with Crippen LogP contribution < -0.4 is 5.32 Å². The summed E-state index contributed by atoms with van der Waals surface area (Å²) in [7, 11) is 0. The number of carbonyl (C=O) groups excluding carboxylic acids is 1. The van der Waals surface area contributed by atoms with Gasteiger partial charge in [0.15, 0.2) is 0 Å². The summed E-state index contributed by atoms with van der Waals surface area (Å²) in [6, 6.07) is 10.1. The van der Waals surface area contributed by atoms with Gasteiger partial charge in [0.05, 0.1) is 0 Å². The van der Waals surface area contributed by atoms with Crippen molar-refractivity contribution < 1.29 is 14.7 Å². The molecule has 0 aliphatic carbocycles. The molecule has 0 aliphatic heterocycles. The zero-order valence-electron chi connectivity index (χ0n) is 10.8. The van der Waals surface area contributed by atoms with E-state index >= 15 is 0 Å². The molecule has 1 aromatic rings. The molecule has 4 nitrogen and oxygen atoms in total. The van der Waals surface area contributed by atoms with Crippen LogP contribution in [0.2, 0.25) is 0 Å². The van der Waals surface area contributed by atoms with E-state index in [2.05, 4.69) is 17.4 Å². The van der Waals surface area contributed by atoms with Crippen LogP contribution in [0.15, 0.2) is 35.2 Å². The zero-order chi connectivity index (χ0) is 13.9. The van der Waals surface area contributed by atoms with Gasteiger partial charge in [0.25, 0.3) is 0 Å². The molecule has 0 bridgehead atoms. The molecule has 0 atom stereocenters. The van der Waals surface area contributed by atoms with Crippen LogP contribution in [0.4, 0.5) is 0 Å². The maximum absolute atomic E-state index is 11.4. The summed E-state index contributed by atoms with van der Waals surface area (Å²) in [6.07, 6.45) is 1.90. The van der Waals surface area contributed by atoms with Crippen LogP contribution in [0.1, 0.15) is 25.7 Å². The summed E-state index contributed by atoms with van der Waals surface area (Å²) >= 11 is 1.74. The van der Waals surface area contributed by atoms with Gasteiger partial charge >= 0.3 is 5.97 Å². The number of carboxylic acid groups (broad SMARTS) is 1. The number of carboxylic acids is 1. The van der Waals surface area contributed by atoms with Crippen molar-refractivity contribution in [3.8, 4) is 0 Å². The van der Waals surface area contributed by atoms with Crippen molar-refractivity contribution in [2.45, 2.75) is 30.6 Å². The zero-order valence-corrected chi connectivity index (χ0v) is 11.6. The molecule has 0 fully saturated rings. The number of amides is 1. The molecular weight excluding hydrogens is 262 g/mol. The van der Waals surface area contributed by atoms with Crippen LogP contribution >= 0.6 is 11.8 Å². The SMILES string of the molecule is O=C(O)CCCNC(=O)CCCSc1ccccc1. The number of benzene rings is 1. The lowest BCUT2D eigenvalue weighted by Gasteiger charge is -2.04. The van der Waals surface area contributed by atoms with Crippen molar-refractivity contribution in [3.63, 3.8) is 0 Å². The highest BCUT2D eigenvalue weighted by molar-refractivity contribution is 7.99. The molecule has 5 heteroatoms. The first-order chi connectivity index (χ1) is 9.18. The van der Waals surface area contributed by atoms with Gasteiger partial charge in [-0.3, -0.25) is 9.59 Å². The number of aliphatic carboxylic acids is 1. The monoisotopic (exact) mass is 281 g/mol. The van der Waals surface area contributed by atoms with Crippen molar-refractivity contribution in [2.24, 2.45) is 0 Å². The first-order valence-corrected chi connectivity index (χ1v) is 7.33. The minimum Gasteiger partial charge on any atom is -0.481 e. The number of hydrogen-bond donors (Lipinski definition) is 2. The number of rotatable bonds is 9. The smallest absolute Gasteiger partial charge is 0.303 e. The average molecular weight is 281 g/mol. The molecule has 1 aromatic carbocycles. The minimum atomic E-state index is -0.825. The molecule has 1 amide bonds. The van der Waals surface area contributed by atoms with Crippen molar-refractivity contribution >= 4 is 23.6 Å². The number of thioether (sulfide) groups is 1. The Hall–Kier alpha value is -1.49. The number of carbonyl (C=O) groups is 2. The van der Waals surface area contributed by atoms with E-state index in [-0.39, 0.29) is 12.3 Å². The Morgan fingerprint density at radius 3 is 2.53 bits per heavy atom. The Morgan fingerprint density at radius 2 is 1.84 bits per heavy atom. The molecule has 0 unspecified atom stereocenters. The van der Waals surface area contributed by atoms with Crippen molar-refractivity contribution in [2.75, 3.05) is 12.3 Å². The first-order valence-electron chi connectivity index (χ1n) is 6.35. The normalized spacial score (nSPS) is 10.1. The largest absolute Gasteiger partial charge is 0.481 e. The van der Waals surface area contributed by atoms with Crippen molar-refractivity contribution in [1.82, 2.24) is 5.32 Å². The molecule has 2 N–H and O–H groups in total. The van der Waals surface area contributed by atoms with Crippen LogP contribution in [0, 0.1) is 0 Å². The van der Waals surface area contributed by atoms with Crippen LogP contribution in [0.25, 0.3) is 0 Å². The maximum Gasteiger partial charge on any atom is 0.303 e. The predicted molar refractivity (Wildman–Crippen MR) is 76.3 cm³/mol. The summed E-state index contributed by atoms with van der Waals surface area (Å²) in [5.41, 5.74) is 0. The van der Waals surface area contributed by atoms with E-state index < -0.39 is 5.97 Å². The minimum absolute atomic E-state index is 0.000879. The van der Waals surface area contributed by atoms with Gasteiger partial charge in [-0.1, -0.05) is 18.2 Å². The third-order valence-corrected chi connectivity index (χ3v) is 3.55. The molecule has 0 spiro atoms. The Kier molecular flexibility index (Phi) is 7.74. The Labute approximate surface area is 117 Å². The van der Waals surface area contributed by atoms with Gasteiger partial charge in [-0.25, -0.2) is 0 Å². The van der Waals surface area contributed by atoms with Gasteiger partial charge in [0, 0.05) is 24.3 Å². The molecule has 0 aromatic heterocycles. The summed E-state index contributed by atoms with van der Waals surface area (Å²) in [5, 5.41) is 11.2. The lowest BCUT2D eigenvalue weighted by atomic mass is 10.3. The molecule has 0 aliphatic rings. The van der Waals surface area contributed by atoms with E-state index in [9.17, 15) is 9.59 Å². The van der Waals surface area contributed by atoms with Crippen LogP contribution in [0.3, 0.4) is 0 Å². The Bertz CT molecular complexity index is 395. The van der Waals surface area contributed by atoms with Gasteiger partial charge in [-0.2, -0.15) is 0 Å². The molecule has 104 valence electrons. The van der Waals surface area contributed by atoms with E-state index in [0.29, 0.717) is 19.4 Å². The van der Waals surface area contributed by atoms with Gasteiger partial charge in [-0.15, -0.1) is 11.8 Å². The fraction of sp³-hybridized carbons (Fsp3) is 0.429. The topological polar surface area (TPSA) is 66.4 Å². The Balaban J connectivity index is 2.00. The lowest BCUT2D eigenvalue weighted by Crippen LogP contribution is -2.24. The van der Waals surface area contributed by atoms with Gasteiger partial charge < -0.3 is 10.4 Å². The summed E-state index contributed by atoms with van der Waals surface area (Å²) in [5.74, 6) is 0.0830. The summed E-state index contributed by atoms with van der Waals surface area (Å²) in [4.78, 5) is 22.9. The highest BCUT2D eigenvalue weighted by atomic mass is 32.2. The molecule has 0 radical (unpaired) electrons. The fourth-order valence-corrected chi connectivity index (χ4v) is 2.37. The van der Waals surface area contributed by atoms with Crippen LogP contribution in [-0.2, 0) is 9.59 Å². The second kappa shape index (κ2) is 9.44. The third-order valence-electron chi connectivity index (χ3n) is 2.45. The first kappa shape index (κ1) is 15.6. The summed E-state index contributed by atoms with van der Waals surface area (Å²) < 4.78 is 0. The number of hydrogen-bond acceptors (Lipinski definition) is 3. The second-order valence-corrected chi connectivity index (χ2v) is 5.28. The van der Waals surface area contributed by atoms with Crippen molar-refractivity contribution in [3.05, 3.63) is 30.3 Å². The highest BCUT2D eigenvalue weighted by Crippen LogP contribution is 2.18. The lowest BCUT2D eigenvalue weighted by molar-refractivity contribution is -0.137. The molecule has 0 saturated carbocycles. The summed E-state index contributed by atoms with van der Waals surface area (Å²) in [6.45, 7) is 0.441. The highest BCUT2D eigenvalue weighted by Gasteiger charge is 2.02.